The maximum Gasteiger partial charge on any atom is 0.412 e. The average Bonchev–Trinajstić information content (AvgIpc) is 3.06. The van der Waals surface area contributed by atoms with Crippen LogP contribution in [-0.2, 0) is 32.7 Å². The molecule has 0 aliphatic carbocycles. The number of rotatable bonds is 10. The number of carbonyl (C=O) groups excluding carboxylic acids is 3. The maximum atomic E-state index is 14.0. The van der Waals surface area contributed by atoms with Crippen LogP contribution in [0, 0.1) is 0 Å². The molecule has 2 aromatic carbocycles. The number of nitrogens with two attached hydrogens (primary N) is 1. The van der Waals surface area contributed by atoms with E-state index < -0.39 is 23.9 Å². The maximum absolute atomic E-state index is 14.0. The number of nitrogen functional groups attached to an aromatic ring is 1. The van der Waals surface area contributed by atoms with Crippen LogP contribution in [0.2, 0.25) is 5.02 Å². The summed E-state index contributed by atoms with van der Waals surface area (Å²) in [5.41, 5.74) is 9.12. The molecule has 12 heteroatoms. The smallest absolute Gasteiger partial charge is 0.412 e. The summed E-state index contributed by atoms with van der Waals surface area (Å²) in [4.78, 5) is 45.4. The van der Waals surface area contributed by atoms with E-state index in [1.165, 1.54) is 0 Å². The van der Waals surface area contributed by atoms with E-state index in [4.69, 9.17) is 26.8 Å². The van der Waals surface area contributed by atoms with Gasteiger partial charge in [0.2, 0.25) is 0 Å². The van der Waals surface area contributed by atoms with Gasteiger partial charge in [0.05, 0.1) is 16.4 Å². The molecule has 252 valence electrons. The van der Waals surface area contributed by atoms with Crippen molar-refractivity contribution in [2.24, 2.45) is 0 Å². The van der Waals surface area contributed by atoms with E-state index in [0.717, 1.165) is 36.1 Å². The fraction of sp³-hybridized carbons (Fsp3) is 0.457. The molecule has 5 rings (SSSR count). The molecule has 0 bridgehead atoms. The molecule has 3 heterocycles. The Kier molecular flexibility index (Phi) is 10.9. The summed E-state index contributed by atoms with van der Waals surface area (Å²) in [6, 6.07) is 11.4. The van der Waals surface area contributed by atoms with E-state index in [2.05, 4.69) is 17.2 Å². The number of likely N-dealkylation sites (N-methyl/N-ethyl adjacent to an activating group) is 1. The fourth-order valence-electron chi connectivity index (χ4n) is 6.56. The van der Waals surface area contributed by atoms with Gasteiger partial charge >= 0.3 is 12.2 Å². The largest absolute Gasteiger partial charge is 0.438 e. The Bertz CT molecular complexity index is 1500. The number of amides is 3. The molecule has 47 heavy (non-hydrogen) atoms. The number of hydrogen-bond donors (Lipinski definition) is 3. The van der Waals surface area contributed by atoms with Crippen molar-refractivity contribution in [3.63, 3.8) is 0 Å². The van der Waals surface area contributed by atoms with Crippen molar-refractivity contribution >= 4 is 41.1 Å². The van der Waals surface area contributed by atoms with Crippen LogP contribution in [0.1, 0.15) is 49.3 Å². The molecule has 0 aromatic heterocycles. The molecule has 2 saturated heterocycles. The van der Waals surface area contributed by atoms with Crippen LogP contribution in [0.25, 0.3) is 0 Å². The predicted molar refractivity (Wildman–Crippen MR) is 183 cm³/mol. The summed E-state index contributed by atoms with van der Waals surface area (Å²) in [5.74, 6) is -0.237. The van der Waals surface area contributed by atoms with E-state index in [1.807, 2.05) is 67.7 Å². The number of ether oxygens (including phenoxy) is 2. The van der Waals surface area contributed by atoms with Gasteiger partial charge in [-0.3, -0.25) is 10.1 Å². The predicted octanol–water partition coefficient (Wildman–Crippen LogP) is 5.26. The lowest BCUT2D eigenvalue weighted by atomic mass is 9.82. The lowest BCUT2D eigenvalue weighted by molar-refractivity contribution is -0.142. The second-order valence-corrected chi connectivity index (χ2v) is 12.8. The topological polar surface area (TPSA) is 129 Å². The van der Waals surface area contributed by atoms with Crippen molar-refractivity contribution in [2.75, 3.05) is 50.8 Å². The van der Waals surface area contributed by atoms with E-state index in [9.17, 15) is 14.4 Å². The Morgan fingerprint density at radius 3 is 2.64 bits per heavy atom. The first-order valence-electron chi connectivity index (χ1n) is 16.3. The van der Waals surface area contributed by atoms with Gasteiger partial charge in [-0.15, -0.1) is 6.58 Å². The Labute approximate surface area is 281 Å². The van der Waals surface area contributed by atoms with Gasteiger partial charge in [0.1, 0.15) is 5.60 Å². The molecule has 1 spiro atoms. The summed E-state index contributed by atoms with van der Waals surface area (Å²) >= 11 is 6.45. The minimum atomic E-state index is -1.04. The number of hydrogen-bond acceptors (Lipinski definition) is 8. The Hall–Kier alpha value is -4.38. The standard InChI is InChI=1S/C35H45ClN6O5/c1-4-15-40(3)20-14-38-26-10-16-41(17-11-26)32(43)30(23-24-21-25(5-2)31(37)28(36)22-24)46-34(45)42-18-12-35(13-19-42)27-8-6-7-9-29(27)39-33(44)47-35/h4,6-9,14,20-22,26,30,38H,1,5,10-13,15-19,23,37H2,2-3H3,(H,39,44)/b20-14-/t30-/m1/s1. The van der Waals surface area contributed by atoms with Crippen molar-refractivity contribution in [3.8, 4) is 0 Å². The van der Waals surface area contributed by atoms with Crippen LogP contribution < -0.4 is 16.4 Å². The first-order chi connectivity index (χ1) is 22.6. The molecule has 2 fully saturated rings. The van der Waals surface area contributed by atoms with E-state index in [-0.39, 0.29) is 18.4 Å². The fourth-order valence-corrected chi connectivity index (χ4v) is 6.82. The number of para-hydroxylation sites is 1. The number of fused-ring (bicyclic) bond motifs is 2. The van der Waals surface area contributed by atoms with Gasteiger partial charge < -0.3 is 35.2 Å². The van der Waals surface area contributed by atoms with Crippen molar-refractivity contribution in [2.45, 2.75) is 63.2 Å². The normalized spacial score (nSPS) is 18.2. The number of carbonyl (C=O) groups is 3. The third kappa shape index (κ3) is 7.96. The van der Waals surface area contributed by atoms with Gasteiger partial charge in [0.25, 0.3) is 5.91 Å². The average molecular weight is 665 g/mol. The molecule has 0 saturated carbocycles. The highest BCUT2D eigenvalue weighted by molar-refractivity contribution is 6.33. The lowest BCUT2D eigenvalue weighted by Crippen LogP contribution is -2.52. The molecular weight excluding hydrogens is 620 g/mol. The molecular formula is C35H45ClN6O5. The molecule has 3 amide bonds. The van der Waals surface area contributed by atoms with Gasteiger partial charge in [-0.05, 0) is 42.5 Å². The van der Waals surface area contributed by atoms with Gasteiger partial charge in [0.15, 0.2) is 6.10 Å². The zero-order valence-electron chi connectivity index (χ0n) is 27.2. The Morgan fingerprint density at radius 1 is 1.21 bits per heavy atom. The second kappa shape index (κ2) is 15.0. The van der Waals surface area contributed by atoms with E-state index >= 15 is 0 Å². The Balaban J connectivity index is 1.26. The van der Waals surface area contributed by atoms with Crippen LogP contribution in [0.3, 0.4) is 0 Å². The van der Waals surface area contributed by atoms with Crippen LogP contribution in [-0.4, -0.2) is 84.7 Å². The molecule has 11 nitrogen and oxygen atoms in total. The highest BCUT2D eigenvalue weighted by Crippen LogP contribution is 2.43. The number of nitrogens with one attached hydrogen (secondary N) is 2. The zero-order chi connectivity index (χ0) is 33.6. The molecule has 4 N–H and O–H groups in total. The zero-order valence-corrected chi connectivity index (χ0v) is 27.9. The second-order valence-electron chi connectivity index (χ2n) is 12.4. The van der Waals surface area contributed by atoms with Crippen molar-refractivity contribution < 1.29 is 23.9 Å². The number of nitrogens with zero attached hydrogens (tertiary/aromatic N) is 3. The van der Waals surface area contributed by atoms with Gasteiger partial charge in [-0.2, -0.15) is 0 Å². The highest BCUT2D eigenvalue weighted by Gasteiger charge is 2.45. The summed E-state index contributed by atoms with van der Waals surface area (Å²) in [6.07, 6.45) is 6.81. The Morgan fingerprint density at radius 2 is 1.94 bits per heavy atom. The van der Waals surface area contributed by atoms with Gasteiger partial charge in [-0.1, -0.05) is 48.9 Å². The first-order valence-corrected chi connectivity index (χ1v) is 16.6. The minimum absolute atomic E-state index is 0.169. The first kappa shape index (κ1) is 34.0. The van der Waals surface area contributed by atoms with E-state index in [1.54, 1.807) is 15.9 Å². The van der Waals surface area contributed by atoms with E-state index in [0.29, 0.717) is 61.8 Å². The summed E-state index contributed by atoms with van der Waals surface area (Å²) < 4.78 is 11.8. The third-order valence-corrected chi connectivity index (χ3v) is 9.56. The number of anilines is 2. The molecule has 3 aliphatic rings. The van der Waals surface area contributed by atoms with Crippen molar-refractivity contribution in [1.82, 2.24) is 20.0 Å². The number of likely N-dealkylation sites (tertiary alicyclic amines) is 2. The summed E-state index contributed by atoms with van der Waals surface area (Å²) in [5, 5.41) is 6.59. The molecule has 3 aliphatic heterocycles. The third-order valence-electron chi connectivity index (χ3n) is 9.25. The van der Waals surface area contributed by atoms with Crippen LogP contribution in [0.5, 0.6) is 0 Å². The number of halogens is 1. The molecule has 2 aromatic rings. The quantitative estimate of drug-likeness (QED) is 0.232. The SMILES string of the molecule is C=CCN(C)/C=C\NC1CCN(C(=O)[C@@H](Cc2cc(Cl)c(N)c(CC)c2)OC(=O)N2CCC3(CC2)OC(=O)Nc2ccccc23)CC1. The minimum Gasteiger partial charge on any atom is -0.438 e. The van der Waals surface area contributed by atoms with Gasteiger partial charge in [-0.25, -0.2) is 9.59 Å². The van der Waals surface area contributed by atoms with Crippen molar-refractivity contribution in [3.05, 3.63) is 83.2 Å². The van der Waals surface area contributed by atoms with Gasteiger partial charge in [0, 0.05) is 83.0 Å². The molecule has 0 unspecified atom stereocenters. The highest BCUT2D eigenvalue weighted by atomic mass is 35.5. The monoisotopic (exact) mass is 664 g/mol. The summed E-state index contributed by atoms with van der Waals surface area (Å²) in [6.45, 7) is 8.18. The van der Waals surface area contributed by atoms with Crippen LogP contribution in [0.4, 0.5) is 21.0 Å². The molecule has 1 atom stereocenters. The molecule has 0 radical (unpaired) electrons. The van der Waals surface area contributed by atoms with Crippen LogP contribution in [0.15, 0.2) is 61.5 Å². The van der Waals surface area contributed by atoms with Crippen LogP contribution >= 0.6 is 11.6 Å². The number of benzene rings is 2. The van der Waals surface area contributed by atoms with Crippen molar-refractivity contribution in [1.29, 1.82) is 0 Å². The lowest BCUT2D eigenvalue weighted by Gasteiger charge is -2.44. The number of piperidine rings is 2. The summed E-state index contributed by atoms with van der Waals surface area (Å²) in [7, 11) is 1.98. The number of aryl methyl sites for hydroxylation is 1.